The van der Waals surface area contributed by atoms with Crippen LogP contribution in [-0.4, -0.2) is 43.9 Å². The van der Waals surface area contributed by atoms with Crippen LogP contribution in [0.3, 0.4) is 0 Å². The molecule has 0 spiro atoms. The molecule has 0 aliphatic carbocycles. The second kappa shape index (κ2) is 6.19. The highest BCUT2D eigenvalue weighted by atomic mass is 16.5. The van der Waals surface area contributed by atoms with Gasteiger partial charge in [-0.1, -0.05) is 12.2 Å². The molecular weight excluding hydrogens is 272 g/mol. The quantitative estimate of drug-likeness (QED) is 0.839. The molecule has 1 N–H and O–H groups in total. The minimum atomic E-state index is -0.148. The van der Waals surface area contributed by atoms with Gasteiger partial charge in [0.2, 0.25) is 5.88 Å². The van der Waals surface area contributed by atoms with Crippen molar-refractivity contribution in [2.45, 2.75) is 32.1 Å². The molecule has 21 heavy (non-hydrogen) atoms. The maximum atomic E-state index is 9.16. The highest BCUT2D eigenvalue weighted by Gasteiger charge is 2.27. The van der Waals surface area contributed by atoms with Crippen LogP contribution < -0.4 is 4.74 Å². The zero-order valence-corrected chi connectivity index (χ0v) is 11.8. The number of nitrogens with zero attached hydrogens (tertiary/aromatic N) is 4. The Morgan fingerprint density at radius 2 is 2.33 bits per heavy atom. The lowest BCUT2D eigenvalue weighted by atomic mass is 10.2. The fraction of sp³-hybridized carbons (Fsp3) is 0.500. The molecular formula is C14H18N4O3. The molecule has 7 heteroatoms. The van der Waals surface area contributed by atoms with Crippen LogP contribution in [0.1, 0.15) is 26.0 Å². The van der Waals surface area contributed by atoms with Gasteiger partial charge in [0.25, 0.3) is 0 Å². The lowest BCUT2D eigenvalue weighted by Crippen LogP contribution is -2.14. The van der Waals surface area contributed by atoms with Crippen LogP contribution in [0.4, 0.5) is 0 Å². The first kappa shape index (κ1) is 14.0. The van der Waals surface area contributed by atoms with Gasteiger partial charge in [-0.2, -0.15) is 4.98 Å². The van der Waals surface area contributed by atoms with Gasteiger partial charge >= 0.3 is 0 Å². The van der Waals surface area contributed by atoms with E-state index in [1.54, 1.807) is 6.33 Å². The number of rotatable bonds is 5. The molecule has 3 heterocycles. The van der Waals surface area contributed by atoms with Crippen molar-refractivity contribution in [1.82, 2.24) is 19.5 Å². The third-order valence-corrected chi connectivity index (χ3v) is 3.48. The lowest BCUT2D eigenvalue weighted by Gasteiger charge is -2.13. The molecule has 2 aromatic heterocycles. The Morgan fingerprint density at radius 1 is 1.43 bits per heavy atom. The lowest BCUT2D eigenvalue weighted by molar-refractivity contribution is -0.0207. The molecule has 1 aliphatic rings. The summed E-state index contributed by atoms with van der Waals surface area (Å²) >= 11 is 0. The first-order chi connectivity index (χ1) is 10.3. The van der Waals surface area contributed by atoms with Crippen LogP contribution in [0.2, 0.25) is 0 Å². The van der Waals surface area contributed by atoms with Crippen molar-refractivity contribution >= 4 is 11.2 Å². The fourth-order valence-electron chi connectivity index (χ4n) is 2.40. The molecule has 112 valence electrons. The predicted octanol–water partition coefficient (Wildman–Crippen LogP) is 1.45. The van der Waals surface area contributed by atoms with Gasteiger partial charge in [0.1, 0.15) is 19.2 Å². The molecule has 7 nitrogen and oxygen atoms in total. The first-order valence-electron chi connectivity index (χ1n) is 7.01. The van der Waals surface area contributed by atoms with Gasteiger partial charge in [0, 0.05) is 0 Å². The van der Waals surface area contributed by atoms with E-state index in [1.807, 2.05) is 23.6 Å². The molecule has 1 saturated heterocycles. The van der Waals surface area contributed by atoms with E-state index >= 15 is 0 Å². The number of aromatic nitrogens is 4. The number of aliphatic hydroxyl groups is 1. The van der Waals surface area contributed by atoms with E-state index in [-0.39, 0.29) is 18.9 Å². The SMILES string of the molecule is C/C=C/COc1ncnc2c1ncn2[C@H]1CC[C@@H](CO)O1. The third kappa shape index (κ3) is 2.74. The Kier molecular flexibility index (Phi) is 4.12. The predicted molar refractivity (Wildman–Crippen MR) is 75.9 cm³/mol. The second-order valence-electron chi connectivity index (χ2n) is 4.86. The summed E-state index contributed by atoms with van der Waals surface area (Å²) in [6.07, 6.45) is 8.36. The van der Waals surface area contributed by atoms with Gasteiger partial charge in [-0.3, -0.25) is 4.57 Å². The number of hydrogen-bond donors (Lipinski definition) is 1. The van der Waals surface area contributed by atoms with Crippen LogP contribution >= 0.6 is 0 Å². The van der Waals surface area contributed by atoms with Gasteiger partial charge in [0.15, 0.2) is 11.2 Å². The van der Waals surface area contributed by atoms with Crippen molar-refractivity contribution in [1.29, 1.82) is 0 Å². The molecule has 0 bridgehead atoms. The third-order valence-electron chi connectivity index (χ3n) is 3.48. The van der Waals surface area contributed by atoms with Crippen molar-refractivity contribution in [2.24, 2.45) is 0 Å². The van der Waals surface area contributed by atoms with Gasteiger partial charge in [0.05, 0.1) is 19.0 Å². The summed E-state index contributed by atoms with van der Waals surface area (Å²) in [7, 11) is 0. The van der Waals surface area contributed by atoms with Crippen molar-refractivity contribution in [2.75, 3.05) is 13.2 Å². The Balaban J connectivity index is 1.87. The zero-order valence-electron chi connectivity index (χ0n) is 11.8. The molecule has 2 atom stereocenters. The summed E-state index contributed by atoms with van der Waals surface area (Å²) in [6.45, 7) is 2.42. The van der Waals surface area contributed by atoms with Gasteiger partial charge in [-0.15, -0.1) is 0 Å². The van der Waals surface area contributed by atoms with E-state index in [0.717, 1.165) is 12.8 Å². The molecule has 2 aromatic rings. The zero-order chi connectivity index (χ0) is 14.7. The standard InChI is InChI=1S/C14H18N4O3/c1-2-3-6-20-14-12-13(15-8-16-14)18(9-17-12)11-5-4-10(7-19)21-11/h2-3,8-11,19H,4-7H2,1H3/b3-2+/t10-,11+/m0/s1. The van der Waals surface area contributed by atoms with Crippen molar-refractivity contribution in [3.63, 3.8) is 0 Å². The molecule has 1 fully saturated rings. The molecule has 1 aliphatic heterocycles. The van der Waals surface area contributed by atoms with Crippen molar-refractivity contribution in [3.8, 4) is 5.88 Å². The van der Waals surface area contributed by atoms with Crippen LogP contribution in [0.15, 0.2) is 24.8 Å². The van der Waals surface area contributed by atoms with Crippen LogP contribution in [-0.2, 0) is 4.74 Å². The fourth-order valence-corrected chi connectivity index (χ4v) is 2.40. The van der Waals surface area contributed by atoms with Gasteiger partial charge in [-0.05, 0) is 19.8 Å². The molecule has 0 unspecified atom stereocenters. The average molecular weight is 290 g/mol. The summed E-state index contributed by atoms with van der Waals surface area (Å²) in [5, 5.41) is 9.16. The van der Waals surface area contributed by atoms with E-state index in [4.69, 9.17) is 14.6 Å². The average Bonchev–Trinajstić information content (AvgIpc) is 3.14. The monoisotopic (exact) mass is 290 g/mol. The van der Waals surface area contributed by atoms with E-state index in [1.165, 1.54) is 6.33 Å². The maximum absolute atomic E-state index is 9.16. The number of fused-ring (bicyclic) bond motifs is 1. The van der Waals surface area contributed by atoms with Crippen molar-refractivity contribution < 1.29 is 14.6 Å². The Bertz CT molecular complexity index is 640. The van der Waals surface area contributed by atoms with Crippen LogP contribution in [0.5, 0.6) is 5.88 Å². The summed E-state index contributed by atoms with van der Waals surface area (Å²) in [4.78, 5) is 12.7. The smallest absolute Gasteiger partial charge is 0.245 e. The van der Waals surface area contributed by atoms with Crippen molar-refractivity contribution in [3.05, 3.63) is 24.8 Å². The minimum Gasteiger partial charge on any atom is -0.472 e. The summed E-state index contributed by atoms with van der Waals surface area (Å²) in [6, 6.07) is 0. The van der Waals surface area contributed by atoms with Gasteiger partial charge in [-0.25, -0.2) is 9.97 Å². The maximum Gasteiger partial charge on any atom is 0.245 e. The Morgan fingerprint density at radius 3 is 3.10 bits per heavy atom. The van der Waals surface area contributed by atoms with Crippen LogP contribution in [0, 0.1) is 0 Å². The second-order valence-corrected chi connectivity index (χ2v) is 4.86. The normalized spacial score (nSPS) is 22.4. The topological polar surface area (TPSA) is 82.3 Å². The number of aliphatic hydroxyl groups excluding tert-OH is 1. The van der Waals surface area contributed by atoms with E-state index in [0.29, 0.717) is 23.7 Å². The number of ether oxygens (including phenoxy) is 2. The number of allylic oxidation sites excluding steroid dienone is 1. The molecule has 0 aromatic carbocycles. The summed E-state index contributed by atoms with van der Waals surface area (Å²) in [5.41, 5.74) is 1.31. The highest BCUT2D eigenvalue weighted by Crippen LogP contribution is 2.31. The summed E-state index contributed by atoms with van der Waals surface area (Å²) < 4.78 is 13.2. The molecule has 0 amide bonds. The number of imidazole rings is 1. The molecule has 3 rings (SSSR count). The summed E-state index contributed by atoms with van der Waals surface area (Å²) in [5.74, 6) is 0.466. The molecule has 0 saturated carbocycles. The Labute approximate surface area is 122 Å². The molecule has 0 radical (unpaired) electrons. The van der Waals surface area contributed by atoms with Crippen LogP contribution in [0.25, 0.3) is 11.2 Å². The van der Waals surface area contributed by atoms with E-state index < -0.39 is 0 Å². The minimum absolute atomic E-state index is 0.0375. The first-order valence-corrected chi connectivity index (χ1v) is 7.01. The highest BCUT2D eigenvalue weighted by molar-refractivity contribution is 5.76. The van der Waals surface area contributed by atoms with Gasteiger partial charge < -0.3 is 14.6 Å². The van der Waals surface area contributed by atoms with E-state index in [9.17, 15) is 0 Å². The number of hydrogen-bond acceptors (Lipinski definition) is 6. The Hall–Kier alpha value is -1.99. The largest absolute Gasteiger partial charge is 0.472 e. The van der Waals surface area contributed by atoms with E-state index in [2.05, 4.69) is 15.0 Å².